The fourth-order valence-corrected chi connectivity index (χ4v) is 1.83. The molecule has 4 nitrogen and oxygen atoms in total. The Morgan fingerprint density at radius 2 is 2.07 bits per heavy atom. The highest BCUT2D eigenvalue weighted by Crippen LogP contribution is 2.16. The van der Waals surface area contributed by atoms with Gasteiger partial charge in [-0.3, -0.25) is 4.79 Å². The van der Waals surface area contributed by atoms with Crippen LogP contribution in [0.25, 0.3) is 0 Å². The maximum absolute atomic E-state index is 10.6. The Bertz CT molecular complexity index is 359. The molecule has 0 bridgehead atoms. The normalized spacial score (nSPS) is 16.5. The molecule has 1 aliphatic heterocycles. The van der Waals surface area contributed by atoms with Crippen molar-refractivity contribution in [2.75, 3.05) is 18.0 Å². The van der Waals surface area contributed by atoms with Crippen LogP contribution in [0.2, 0.25) is 0 Å². The minimum Gasteiger partial charge on any atom is -0.341 e. The molecule has 0 spiro atoms. The minimum atomic E-state index is 0.579. The molecule has 0 amide bonds. The molecule has 15 heavy (non-hydrogen) atoms. The summed E-state index contributed by atoms with van der Waals surface area (Å²) in [5, 5.41) is 0. The maximum Gasteiger partial charge on any atom is 0.225 e. The lowest BCUT2D eigenvalue weighted by Gasteiger charge is -2.26. The van der Waals surface area contributed by atoms with Crippen molar-refractivity contribution in [3.8, 4) is 0 Å². The Morgan fingerprint density at radius 1 is 1.33 bits per heavy atom. The molecule has 2 heterocycles. The van der Waals surface area contributed by atoms with Crippen LogP contribution in [0.3, 0.4) is 0 Å². The molecule has 1 aromatic rings. The number of carbonyl (C=O) groups excluding carboxylic acids is 1. The lowest BCUT2D eigenvalue weighted by Crippen LogP contribution is -2.31. The van der Waals surface area contributed by atoms with Crippen molar-refractivity contribution in [3.05, 3.63) is 17.5 Å². The fraction of sp³-hybridized carbons (Fsp3) is 0.545. The van der Waals surface area contributed by atoms with Crippen LogP contribution in [0.5, 0.6) is 0 Å². The van der Waals surface area contributed by atoms with Crippen molar-refractivity contribution < 1.29 is 4.79 Å². The Balaban J connectivity index is 2.21. The summed E-state index contributed by atoms with van der Waals surface area (Å²) in [6, 6.07) is 0. The molecule has 0 atom stereocenters. The summed E-state index contributed by atoms with van der Waals surface area (Å²) in [4.78, 5) is 21.4. The second kappa shape index (κ2) is 4.38. The summed E-state index contributed by atoms with van der Waals surface area (Å²) in [6.45, 7) is 3.90. The number of carbonyl (C=O) groups is 1. The number of piperidine rings is 1. The number of hydrogen-bond acceptors (Lipinski definition) is 4. The number of hydrogen-bond donors (Lipinski definition) is 0. The molecule has 0 aromatic carbocycles. The van der Waals surface area contributed by atoms with E-state index in [4.69, 9.17) is 0 Å². The van der Waals surface area contributed by atoms with Crippen molar-refractivity contribution in [1.82, 2.24) is 9.97 Å². The van der Waals surface area contributed by atoms with E-state index in [-0.39, 0.29) is 0 Å². The third-order valence-electron chi connectivity index (χ3n) is 2.77. The van der Waals surface area contributed by atoms with Gasteiger partial charge in [0.1, 0.15) is 0 Å². The molecular formula is C11H15N3O. The van der Waals surface area contributed by atoms with Gasteiger partial charge >= 0.3 is 0 Å². The Morgan fingerprint density at radius 3 is 2.67 bits per heavy atom. The number of aldehydes is 1. The maximum atomic E-state index is 10.6. The molecule has 0 radical (unpaired) electrons. The van der Waals surface area contributed by atoms with Gasteiger partial charge in [0.25, 0.3) is 0 Å². The number of anilines is 1. The minimum absolute atomic E-state index is 0.579. The molecule has 80 valence electrons. The van der Waals surface area contributed by atoms with Gasteiger partial charge in [-0.1, -0.05) is 0 Å². The van der Waals surface area contributed by atoms with E-state index in [2.05, 4.69) is 14.9 Å². The van der Waals surface area contributed by atoms with Gasteiger partial charge in [-0.25, -0.2) is 9.97 Å². The van der Waals surface area contributed by atoms with Gasteiger partial charge in [0.15, 0.2) is 6.29 Å². The first kappa shape index (κ1) is 10.1. The van der Waals surface area contributed by atoms with E-state index in [1.165, 1.54) is 19.3 Å². The topological polar surface area (TPSA) is 46.1 Å². The lowest BCUT2D eigenvalue weighted by molar-refractivity contribution is 0.112. The second-order valence-electron chi connectivity index (χ2n) is 3.88. The van der Waals surface area contributed by atoms with Crippen LogP contribution in [0.1, 0.15) is 35.3 Å². The molecule has 0 aliphatic carbocycles. The van der Waals surface area contributed by atoms with Crippen molar-refractivity contribution in [2.24, 2.45) is 0 Å². The Kier molecular flexibility index (Phi) is 2.94. The zero-order chi connectivity index (χ0) is 10.7. The van der Waals surface area contributed by atoms with Crippen molar-refractivity contribution in [3.63, 3.8) is 0 Å². The van der Waals surface area contributed by atoms with Crippen LogP contribution in [0, 0.1) is 6.92 Å². The summed E-state index contributed by atoms with van der Waals surface area (Å²) < 4.78 is 0. The molecule has 2 rings (SSSR count). The van der Waals surface area contributed by atoms with Gasteiger partial charge in [-0.05, 0) is 26.2 Å². The highest BCUT2D eigenvalue weighted by atomic mass is 16.1. The van der Waals surface area contributed by atoms with Crippen LogP contribution >= 0.6 is 0 Å². The van der Waals surface area contributed by atoms with Crippen molar-refractivity contribution >= 4 is 12.2 Å². The zero-order valence-electron chi connectivity index (χ0n) is 8.94. The van der Waals surface area contributed by atoms with Gasteiger partial charge in [0.2, 0.25) is 5.95 Å². The van der Waals surface area contributed by atoms with E-state index >= 15 is 0 Å². The van der Waals surface area contributed by atoms with Crippen LogP contribution in [-0.4, -0.2) is 29.3 Å². The summed E-state index contributed by atoms with van der Waals surface area (Å²) in [6.07, 6.45) is 6.12. The molecule has 0 unspecified atom stereocenters. The van der Waals surface area contributed by atoms with Gasteiger partial charge in [-0.15, -0.1) is 0 Å². The van der Waals surface area contributed by atoms with Gasteiger partial charge in [-0.2, -0.15) is 0 Å². The molecule has 0 saturated carbocycles. The largest absolute Gasteiger partial charge is 0.341 e. The van der Waals surface area contributed by atoms with Crippen LogP contribution < -0.4 is 4.90 Å². The monoisotopic (exact) mass is 205 g/mol. The van der Waals surface area contributed by atoms with E-state index in [1.807, 2.05) is 6.92 Å². The quantitative estimate of drug-likeness (QED) is 0.688. The highest BCUT2D eigenvalue weighted by Gasteiger charge is 2.13. The predicted molar refractivity (Wildman–Crippen MR) is 58.2 cm³/mol. The first-order valence-corrected chi connectivity index (χ1v) is 5.35. The van der Waals surface area contributed by atoms with Crippen LogP contribution in [0.4, 0.5) is 5.95 Å². The van der Waals surface area contributed by atoms with E-state index < -0.39 is 0 Å². The standard InChI is InChI=1S/C11H15N3O/c1-9-10(8-15)7-12-11(13-9)14-5-3-2-4-6-14/h7-8H,2-6H2,1H3. The number of aryl methyl sites for hydroxylation is 1. The summed E-state index contributed by atoms with van der Waals surface area (Å²) in [5.41, 5.74) is 1.34. The average Bonchev–Trinajstić information content (AvgIpc) is 2.30. The Hall–Kier alpha value is -1.45. The third kappa shape index (κ3) is 2.14. The lowest BCUT2D eigenvalue weighted by atomic mass is 10.1. The fourth-order valence-electron chi connectivity index (χ4n) is 1.83. The molecule has 1 saturated heterocycles. The van der Waals surface area contributed by atoms with E-state index in [0.717, 1.165) is 31.0 Å². The molecule has 0 N–H and O–H groups in total. The van der Waals surface area contributed by atoms with Gasteiger partial charge in [0.05, 0.1) is 11.3 Å². The van der Waals surface area contributed by atoms with Crippen LogP contribution in [-0.2, 0) is 0 Å². The second-order valence-corrected chi connectivity index (χ2v) is 3.88. The van der Waals surface area contributed by atoms with Crippen molar-refractivity contribution in [2.45, 2.75) is 26.2 Å². The highest BCUT2D eigenvalue weighted by molar-refractivity contribution is 5.75. The first-order valence-electron chi connectivity index (χ1n) is 5.35. The smallest absolute Gasteiger partial charge is 0.225 e. The Labute approximate surface area is 89.3 Å². The van der Waals surface area contributed by atoms with Gasteiger partial charge in [0, 0.05) is 19.3 Å². The summed E-state index contributed by atoms with van der Waals surface area (Å²) in [5.74, 6) is 0.762. The molecule has 4 heteroatoms. The first-order chi connectivity index (χ1) is 7.31. The van der Waals surface area contributed by atoms with Gasteiger partial charge < -0.3 is 4.90 Å². The van der Waals surface area contributed by atoms with E-state index in [9.17, 15) is 4.79 Å². The predicted octanol–water partition coefficient (Wildman–Crippen LogP) is 1.59. The number of nitrogens with zero attached hydrogens (tertiary/aromatic N) is 3. The number of rotatable bonds is 2. The van der Waals surface area contributed by atoms with Crippen molar-refractivity contribution in [1.29, 1.82) is 0 Å². The molecular weight excluding hydrogens is 190 g/mol. The third-order valence-corrected chi connectivity index (χ3v) is 2.77. The van der Waals surface area contributed by atoms with Crippen LogP contribution in [0.15, 0.2) is 6.20 Å². The number of aromatic nitrogens is 2. The van der Waals surface area contributed by atoms with E-state index in [1.54, 1.807) is 6.20 Å². The van der Waals surface area contributed by atoms with E-state index in [0.29, 0.717) is 5.56 Å². The SMILES string of the molecule is Cc1nc(N2CCCCC2)ncc1C=O. The summed E-state index contributed by atoms with van der Waals surface area (Å²) in [7, 11) is 0. The zero-order valence-corrected chi connectivity index (χ0v) is 8.94. The molecule has 1 aliphatic rings. The molecule has 1 aromatic heterocycles. The summed E-state index contributed by atoms with van der Waals surface area (Å²) >= 11 is 0. The molecule has 1 fully saturated rings. The average molecular weight is 205 g/mol.